The van der Waals surface area contributed by atoms with Gasteiger partial charge in [0.2, 0.25) is 5.75 Å². The lowest BCUT2D eigenvalue weighted by Crippen LogP contribution is -2.41. The molecule has 0 saturated carbocycles. The van der Waals surface area contributed by atoms with Gasteiger partial charge in [-0.2, -0.15) is 18.4 Å². The predicted molar refractivity (Wildman–Crippen MR) is 95.2 cm³/mol. The number of urea groups is 1. The number of nitrogens with one attached hydrogen (secondary N) is 2. The zero-order valence-corrected chi connectivity index (χ0v) is 15.5. The van der Waals surface area contributed by atoms with Gasteiger partial charge in [-0.05, 0) is 24.3 Å². The number of carbonyl (C=O) groups is 1. The van der Waals surface area contributed by atoms with E-state index in [1.165, 1.54) is 24.1 Å². The third-order valence-electron chi connectivity index (χ3n) is 4.15. The van der Waals surface area contributed by atoms with Gasteiger partial charge >= 0.3 is 12.2 Å². The van der Waals surface area contributed by atoms with Crippen LogP contribution in [0, 0.1) is 11.3 Å². The molecule has 0 spiro atoms. The first-order valence-corrected chi connectivity index (χ1v) is 8.45. The summed E-state index contributed by atoms with van der Waals surface area (Å²) in [4.78, 5) is 25.5. The van der Waals surface area contributed by atoms with E-state index in [2.05, 4.69) is 10.9 Å². The Labute approximate surface area is 167 Å². The van der Waals surface area contributed by atoms with E-state index in [9.17, 15) is 22.8 Å². The van der Waals surface area contributed by atoms with Gasteiger partial charge in [0.05, 0.1) is 18.2 Å². The number of halogens is 4. The third kappa shape index (κ3) is 4.28. The van der Waals surface area contributed by atoms with Gasteiger partial charge in [0.25, 0.3) is 5.56 Å². The molecule has 29 heavy (non-hydrogen) atoms. The quantitative estimate of drug-likeness (QED) is 0.781. The SMILES string of the molecule is CN1C(=O)NNC1Cn1ccc(C(F)(F)F)c(Oc2cc(Cl)cc(C#N)c2)c1=O. The number of rotatable bonds is 4. The summed E-state index contributed by atoms with van der Waals surface area (Å²) in [7, 11) is 1.46. The molecule has 0 aliphatic carbocycles. The molecule has 152 valence electrons. The number of hydrazine groups is 1. The van der Waals surface area contributed by atoms with Crippen LogP contribution in [0.5, 0.6) is 11.5 Å². The number of ether oxygens (including phenoxy) is 1. The molecule has 1 aromatic heterocycles. The van der Waals surface area contributed by atoms with Crippen LogP contribution in [-0.2, 0) is 12.7 Å². The Morgan fingerprint density at radius 3 is 2.62 bits per heavy atom. The Kier molecular flexibility index (Phi) is 5.41. The summed E-state index contributed by atoms with van der Waals surface area (Å²) in [6, 6.07) is 5.71. The van der Waals surface area contributed by atoms with Crippen molar-refractivity contribution in [2.24, 2.45) is 0 Å². The van der Waals surface area contributed by atoms with E-state index in [1.54, 1.807) is 6.07 Å². The molecule has 2 heterocycles. The van der Waals surface area contributed by atoms with Crippen LogP contribution in [0.4, 0.5) is 18.0 Å². The van der Waals surface area contributed by atoms with E-state index < -0.39 is 35.2 Å². The fourth-order valence-electron chi connectivity index (χ4n) is 2.65. The minimum Gasteiger partial charge on any atom is -0.451 e. The molecular weight excluding hydrogens is 415 g/mol. The van der Waals surface area contributed by atoms with Crippen LogP contribution in [0.3, 0.4) is 0 Å². The molecule has 1 aromatic carbocycles. The normalized spacial score (nSPS) is 16.5. The van der Waals surface area contributed by atoms with Crippen LogP contribution in [0.2, 0.25) is 5.02 Å². The van der Waals surface area contributed by atoms with Gasteiger partial charge in [-0.25, -0.2) is 10.2 Å². The van der Waals surface area contributed by atoms with Crippen LogP contribution >= 0.6 is 11.6 Å². The molecule has 12 heteroatoms. The maximum absolute atomic E-state index is 13.4. The molecule has 1 saturated heterocycles. The minimum atomic E-state index is -4.86. The zero-order chi connectivity index (χ0) is 21.3. The third-order valence-corrected chi connectivity index (χ3v) is 4.37. The summed E-state index contributed by atoms with van der Waals surface area (Å²) in [5, 5.41) is 9.05. The Morgan fingerprint density at radius 1 is 1.31 bits per heavy atom. The molecule has 1 fully saturated rings. The molecule has 1 aliphatic heterocycles. The summed E-state index contributed by atoms with van der Waals surface area (Å²) in [5.41, 5.74) is 2.67. The van der Waals surface area contributed by atoms with E-state index >= 15 is 0 Å². The molecule has 8 nitrogen and oxygen atoms in total. The lowest BCUT2D eigenvalue weighted by Gasteiger charge is -2.20. The van der Waals surface area contributed by atoms with Gasteiger partial charge in [-0.3, -0.25) is 10.2 Å². The number of pyridine rings is 1. The molecule has 3 rings (SSSR count). The van der Waals surface area contributed by atoms with Gasteiger partial charge in [0.1, 0.15) is 17.5 Å². The van der Waals surface area contributed by atoms with Crippen molar-refractivity contribution in [3.05, 3.63) is 57.0 Å². The van der Waals surface area contributed by atoms with E-state index in [0.29, 0.717) is 6.07 Å². The number of amides is 2. The maximum Gasteiger partial charge on any atom is 0.420 e. The highest BCUT2D eigenvalue weighted by molar-refractivity contribution is 6.30. The van der Waals surface area contributed by atoms with Crippen molar-refractivity contribution in [3.8, 4) is 17.6 Å². The molecular formula is C17H13ClF3N5O3. The first-order valence-electron chi connectivity index (χ1n) is 8.07. The highest BCUT2D eigenvalue weighted by Gasteiger charge is 2.37. The van der Waals surface area contributed by atoms with Crippen molar-refractivity contribution < 1.29 is 22.7 Å². The lowest BCUT2D eigenvalue weighted by molar-refractivity contribution is -0.138. The van der Waals surface area contributed by atoms with Crippen molar-refractivity contribution >= 4 is 17.6 Å². The number of benzene rings is 1. The van der Waals surface area contributed by atoms with Crippen LogP contribution in [-0.4, -0.2) is 28.7 Å². The molecule has 1 unspecified atom stereocenters. The second-order valence-electron chi connectivity index (χ2n) is 6.10. The van der Waals surface area contributed by atoms with Gasteiger partial charge < -0.3 is 14.2 Å². The van der Waals surface area contributed by atoms with Crippen molar-refractivity contribution in [2.75, 3.05) is 7.05 Å². The predicted octanol–water partition coefficient (Wildman–Crippen LogP) is 2.67. The number of aromatic nitrogens is 1. The Bertz CT molecular complexity index is 1060. The van der Waals surface area contributed by atoms with Gasteiger partial charge in [0.15, 0.2) is 0 Å². The second-order valence-corrected chi connectivity index (χ2v) is 6.54. The van der Waals surface area contributed by atoms with Crippen molar-refractivity contribution in [3.63, 3.8) is 0 Å². The van der Waals surface area contributed by atoms with Crippen LogP contribution in [0.15, 0.2) is 35.3 Å². The highest BCUT2D eigenvalue weighted by atomic mass is 35.5. The molecule has 2 N–H and O–H groups in total. The highest BCUT2D eigenvalue weighted by Crippen LogP contribution is 2.36. The summed E-state index contributed by atoms with van der Waals surface area (Å²) in [6.45, 7) is -0.137. The summed E-state index contributed by atoms with van der Waals surface area (Å²) >= 11 is 5.85. The molecule has 0 bridgehead atoms. The fourth-order valence-corrected chi connectivity index (χ4v) is 2.87. The Balaban J connectivity index is 2.04. The average Bonchev–Trinajstić information content (AvgIpc) is 2.95. The standard InChI is InChI=1S/C17H13ClF3N5O3/c1-25-13(23-24-16(25)28)8-26-3-2-12(17(19,20)21)14(15(26)27)29-11-5-9(7-22)4-10(18)6-11/h2-6,13,23H,8H2,1H3,(H,24,28). The number of alkyl halides is 3. The van der Waals surface area contributed by atoms with Crippen LogP contribution < -0.4 is 21.1 Å². The number of likely N-dealkylation sites (N-methyl/N-ethyl adjacent to an activating group) is 1. The molecule has 1 aliphatic rings. The largest absolute Gasteiger partial charge is 0.451 e. The maximum atomic E-state index is 13.4. The first-order chi connectivity index (χ1) is 13.6. The number of hydrogen-bond donors (Lipinski definition) is 2. The van der Waals surface area contributed by atoms with Gasteiger partial charge in [0, 0.05) is 18.3 Å². The van der Waals surface area contributed by atoms with Crippen molar-refractivity contribution in [2.45, 2.75) is 18.9 Å². The van der Waals surface area contributed by atoms with Gasteiger partial charge in [-0.1, -0.05) is 11.6 Å². The monoisotopic (exact) mass is 427 g/mol. The molecule has 2 aromatic rings. The molecule has 0 radical (unpaired) electrons. The number of carbonyl (C=O) groups excluding carboxylic acids is 1. The van der Waals surface area contributed by atoms with Crippen molar-refractivity contribution in [1.82, 2.24) is 20.3 Å². The smallest absolute Gasteiger partial charge is 0.420 e. The number of nitrogens with zero attached hydrogens (tertiary/aromatic N) is 3. The number of hydrogen-bond acceptors (Lipinski definition) is 5. The van der Waals surface area contributed by atoms with E-state index in [4.69, 9.17) is 21.6 Å². The average molecular weight is 428 g/mol. The fraction of sp³-hybridized carbons (Fsp3) is 0.235. The molecule has 1 atom stereocenters. The number of nitriles is 1. The lowest BCUT2D eigenvalue weighted by atomic mass is 10.2. The Hall–Kier alpha value is -3.23. The summed E-state index contributed by atoms with van der Waals surface area (Å²) < 4.78 is 46.5. The van der Waals surface area contributed by atoms with Gasteiger partial charge in [-0.15, -0.1) is 0 Å². The Morgan fingerprint density at radius 2 is 2.03 bits per heavy atom. The molecule has 2 amide bonds. The summed E-state index contributed by atoms with van der Waals surface area (Å²) in [5.74, 6) is -1.16. The zero-order valence-electron chi connectivity index (χ0n) is 14.7. The van der Waals surface area contributed by atoms with Crippen molar-refractivity contribution in [1.29, 1.82) is 5.26 Å². The van der Waals surface area contributed by atoms with E-state index in [1.807, 2.05) is 0 Å². The van der Waals surface area contributed by atoms with Crippen LogP contribution in [0.25, 0.3) is 0 Å². The van der Waals surface area contributed by atoms with E-state index in [-0.39, 0.29) is 22.9 Å². The van der Waals surface area contributed by atoms with E-state index in [0.717, 1.165) is 16.8 Å². The summed E-state index contributed by atoms with van der Waals surface area (Å²) in [6.07, 6.45) is -4.56. The minimum absolute atomic E-state index is 0.0543. The van der Waals surface area contributed by atoms with Crippen LogP contribution in [0.1, 0.15) is 11.1 Å². The second kappa shape index (κ2) is 7.65. The topological polar surface area (TPSA) is 99.4 Å². The first kappa shape index (κ1) is 20.5.